The number of amides is 1. The normalized spacial score (nSPS) is 14.8. The topological polar surface area (TPSA) is 95.2 Å². The van der Waals surface area contributed by atoms with Gasteiger partial charge >= 0.3 is 5.69 Å². The number of halogens is 2. The molecule has 11 heteroatoms. The number of nitrogens with zero attached hydrogens (tertiary/aromatic N) is 3. The van der Waals surface area contributed by atoms with Crippen molar-refractivity contribution in [2.75, 3.05) is 7.11 Å². The van der Waals surface area contributed by atoms with Crippen molar-refractivity contribution < 1.29 is 13.2 Å². The maximum atomic E-state index is 12.6. The Kier molecular flexibility index (Phi) is 5.28. The Morgan fingerprint density at radius 1 is 1.32 bits per heavy atom. The summed E-state index contributed by atoms with van der Waals surface area (Å²) in [4.78, 5) is 24.7. The third kappa shape index (κ3) is 3.50. The quantitative estimate of drug-likeness (QED) is 0.835. The lowest BCUT2D eigenvalue weighted by molar-refractivity contribution is 0.0980. The van der Waals surface area contributed by atoms with Gasteiger partial charge in [0.1, 0.15) is 5.82 Å². The third-order valence-electron chi connectivity index (χ3n) is 3.81. The highest BCUT2D eigenvalue weighted by molar-refractivity contribution is 7.78. The minimum absolute atomic E-state index is 0.00402. The number of carbonyl (C=O) groups excluding carboxylic acids is 1. The van der Waals surface area contributed by atoms with Crippen LogP contribution in [0.2, 0.25) is 10.0 Å². The number of benzene rings is 1. The Bertz CT molecular complexity index is 924. The van der Waals surface area contributed by atoms with Gasteiger partial charge in [0.15, 0.2) is 0 Å². The fourth-order valence-electron chi connectivity index (χ4n) is 2.60. The van der Waals surface area contributed by atoms with Crippen molar-refractivity contribution >= 4 is 40.4 Å². The van der Waals surface area contributed by atoms with Gasteiger partial charge in [-0.1, -0.05) is 23.2 Å². The summed E-state index contributed by atoms with van der Waals surface area (Å²) < 4.78 is 20.7. The number of aromatic nitrogens is 3. The highest BCUT2D eigenvalue weighted by Crippen LogP contribution is 2.27. The molecule has 2 heterocycles. The lowest BCUT2D eigenvalue weighted by atomic mass is 10.2. The summed E-state index contributed by atoms with van der Waals surface area (Å²) in [5, 5.41) is 4.54. The van der Waals surface area contributed by atoms with Crippen LogP contribution in [0.3, 0.4) is 0 Å². The van der Waals surface area contributed by atoms with Crippen LogP contribution < -0.4 is 10.4 Å². The van der Waals surface area contributed by atoms with Gasteiger partial charge in [0.25, 0.3) is 17.2 Å². The molecule has 0 bridgehead atoms. The second-order valence-electron chi connectivity index (χ2n) is 5.34. The smallest absolute Gasteiger partial charge is 0.279 e. The standard InChI is InChI=1S/C14H14Cl2N4O4S/c1-24-25(23)18-13(21)8-6-11(10(16)7-9(8)15)20-14(22)19-5-3-2-4-12(19)17-20/h6-7H,2-5H2,1H3,(H,18,21). The number of hydrogen-bond acceptors (Lipinski definition) is 5. The molecule has 3 rings (SSSR count). The summed E-state index contributed by atoms with van der Waals surface area (Å²) in [5.74, 6) is -0.0473. The molecule has 0 aliphatic carbocycles. The van der Waals surface area contributed by atoms with Crippen LogP contribution in [0.15, 0.2) is 16.9 Å². The Morgan fingerprint density at radius 2 is 2.08 bits per heavy atom. The molecule has 1 amide bonds. The summed E-state index contributed by atoms with van der Waals surface area (Å²) in [6.07, 6.45) is 2.57. The number of carbonyl (C=O) groups is 1. The molecule has 1 aliphatic heterocycles. The fourth-order valence-corrected chi connectivity index (χ4v) is 3.50. The first kappa shape index (κ1) is 18.1. The summed E-state index contributed by atoms with van der Waals surface area (Å²) in [7, 11) is 1.18. The molecule has 1 aromatic carbocycles. The number of aryl methyl sites for hydroxylation is 1. The second kappa shape index (κ2) is 7.28. The van der Waals surface area contributed by atoms with E-state index in [0.29, 0.717) is 18.8 Å². The lowest BCUT2D eigenvalue weighted by Gasteiger charge is -2.09. The third-order valence-corrected chi connectivity index (χ3v) is 5.08. The van der Waals surface area contributed by atoms with E-state index in [-0.39, 0.29) is 27.0 Å². The van der Waals surface area contributed by atoms with Crippen molar-refractivity contribution in [1.82, 2.24) is 19.1 Å². The zero-order valence-electron chi connectivity index (χ0n) is 13.1. The van der Waals surface area contributed by atoms with Crippen LogP contribution in [-0.4, -0.2) is 31.6 Å². The molecular weight excluding hydrogens is 391 g/mol. The van der Waals surface area contributed by atoms with Crippen LogP contribution in [0.5, 0.6) is 0 Å². The summed E-state index contributed by atoms with van der Waals surface area (Å²) in [6, 6.07) is 2.68. The number of fused-ring (bicyclic) bond motifs is 1. The molecule has 2 aromatic rings. The lowest BCUT2D eigenvalue weighted by Crippen LogP contribution is -2.28. The van der Waals surface area contributed by atoms with E-state index >= 15 is 0 Å². The van der Waals surface area contributed by atoms with Gasteiger partial charge in [0.05, 0.1) is 28.4 Å². The summed E-state index contributed by atoms with van der Waals surface area (Å²) >= 11 is 10.3. The van der Waals surface area contributed by atoms with Gasteiger partial charge in [-0.3, -0.25) is 13.5 Å². The Labute approximate surface area is 155 Å². The average Bonchev–Trinajstić information content (AvgIpc) is 2.92. The summed E-state index contributed by atoms with van der Waals surface area (Å²) in [6.45, 7) is 0.597. The van der Waals surface area contributed by atoms with Crippen LogP contribution >= 0.6 is 23.2 Å². The van der Waals surface area contributed by atoms with Gasteiger partial charge in [0.2, 0.25) is 0 Å². The molecule has 0 saturated heterocycles. The van der Waals surface area contributed by atoms with E-state index in [1.165, 1.54) is 19.2 Å². The van der Waals surface area contributed by atoms with Crippen molar-refractivity contribution in [3.8, 4) is 5.69 Å². The van der Waals surface area contributed by atoms with E-state index in [0.717, 1.165) is 17.5 Å². The SMILES string of the molecule is COS(=O)NC(=O)c1cc(-n2nc3n(c2=O)CCCC3)c(Cl)cc1Cl. The molecule has 1 aliphatic rings. The molecule has 1 N–H and O–H groups in total. The molecule has 0 fully saturated rings. The first-order chi connectivity index (χ1) is 11.9. The first-order valence-corrected chi connectivity index (χ1v) is 9.21. The van der Waals surface area contributed by atoms with Crippen LogP contribution in [0, 0.1) is 0 Å². The van der Waals surface area contributed by atoms with Crippen molar-refractivity contribution in [1.29, 1.82) is 0 Å². The molecule has 0 saturated carbocycles. The molecule has 0 radical (unpaired) electrons. The molecular formula is C14H14Cl2N4O4S. The van der Waals surface area contributed by atoms with E-state index in [4.69, 9.17) is 23.2 Å². The molecule has 25 heavy (non-hydrogen) atoms. The van der Waals surface area contributed by atoms with E-state index < -0.39 is 17.2 Å². The number of hydrogen-bond donors (Lipinski definition) is 1. The Morgan fingerprint density at radius 3 is 2.76 bits per heavy atom. The zero-order valence-corrected chi connectivity index (χ0v) is 15.5. The van der Waals surface area contributed by atoms with Gasteiger partial charge in [0, 0.05) is 13.0 Å². The molecule has 1 aromatic heterocycles. The molecule has 0 spiro atoms. The van der Waals surface area contributed by atoms with Gasteiger partial charge < -0.3 is 0 Å². The molecule has 8 nitrogen and oxygen atoms in total. The van der Waals surface area contributed by atoms with Crippen LogP contribution in [-0.2, 0) is 28.4 Å². The maximum absolute atomic E-state index is 12.6. The van der Waals surface area contributed by atoms with E-state index in [1.807, 2.05) is 0 Å². The number of nitrogens with one attached hydrogen (secondary N) is 1. The minimum Gasteiger partial charge on any atom is -0.279 e. The Balaban J connectivity index is 2.07. The van der Waals surface area contributed by atoms with Gasteiger partial charge in [-0.05, 0) is 25.0 Å². The van der Waals surface area contributed by atoms with Crippen LogP contribution in [0.25, 0.3) is 5.69 Å². The predicted octanol–water partition coefficient (Wildman–Crippen LogP) is 1.63. The Hall–Kier alpha value is -1.68. The average molecular weight is 405 g/mol. The largest absolute Gasteiger partial charge is 0.350 e. The minimum atomic E-state index is -2.00. The fraction of sp³-hybridized carbons (Fsp3) is 0.357. The molecule has 1 atom stereocenters. The zero-order chi connectivity index (χ0) is 18.1. The number of rotatable bonds is 4. The predicted molar refractivity (Wildman–Crippen MR) is 93.4 cm³/mol. The van der Waals surface area contributed by atoms with Crippen molar-refractivity contribution in [2.45, 2.75) is 25.8 Å². The van der Waals surface area contributed by atoms with Gasteiger partial charge in [-0.2, -0.15) is 4.68 Å². The van der Waals surface area contributed by atoms with Crippen LogP contribution in [0.4, 0.5) is 0 Å². The van der Waals surface area contributed by atoms with E-state index in [2.05, 4.69) is 14.0 Å². The van der Waals surface area contributed by atoms with Crippen molar-refractivity contribution in [3.63, 3.8) is 0 Å². The monoisotopic (exact) mass is 404 g/mol. The highest BCUT2D eigenvalue weighted by atomic mass is 35.5. The van der Waals surface area contributed by atoms with E-state index in [1.54, 1.807) is 4.57 Å². The van der Waals surface area contributed by atoms with Gasteiger partial charge in [-0.15, -0.1) is 5.10 Å². The highest BCUT2D eigenvalue weighted by Gasteiger charge is 2.22. The first-order valence-electron chi connectivity index (χ1n) is 7.37. The molecule has 134 valence electrons. The molecule has 1 unspecified atom stereocenters. The van der Waals surface area contributed by atoms with E-state index in [9.17, 15) is 13.8 Å². The van der Waals surface area contributed by atoms with Crippen molar-refractivity contribution in [3.05, 3.63) is 44.1 Å². The van der Waals surface area contributed by atoms with Crippen molar-refractivity contribution in [2.24, 2.45) is 0 Å². The maximum Gasteiger partial charge on any atom is 0.350 e. The van der Waals surface area contributed by atoms with Crippen LogP contribution in [0.1, 0.15) is 29.0 Å². The van der Waals surface area contributed by atoms with Gasteiger partial charge in [-0.25, -0.2) is 13.7 Å². The second-order valence-corrected chi connectivity index (χ2v) is 7.16. The summed E-state index contributed by atoms with van der Waals surface area (Å²) in [5.41, 5.74) is -0.0959.